The van der Waals surface area contributed by atoms with Crippen LogP contribution in [0.3, 0.4) is 0 Å². The monoisotopic (exact) mass is 419 g/mol. The van der Waals surface area contributed by atoms with Crippen LogP contribution in [0.5, 0.6) is 0 Å². The van der Waals surface area contributed by atoms with Crippen molar-refractivity contribution in [3.05, 3.63) is 88.7 Å². The fourth-order valence-corrected chi connectivity index (χ4v) is 4.65. The van der Waals surface area contributed by atoms with E-state index in [1.54, 1.807) is 22.7 Å². The van der Waals surface area contributed by atoms with Crippen LogP contribution in [0.2, 0.25) is 0 Å². The highest BCUT2D eigenvalue weighted by atomic mass is 32.1. The van der Waals surface area contributed by atoms with Gasteiger partial charge >= 0.3 is 0 Å². The number of thiazole rings is 1. The first kappa shape index (κ1) is 19.4. The highest BCUT2D eigenvalue weighted by Crippen LogP contribution is 2.28. The molecule has 0 bridgehead atoms. The lowest BCUT2D eigenvalue weighted by atomic mass is 10.2. The molecule has 0 aliphatic rings. The summed E-state index contributed by atoms with van der Waals surface area (Å²) in [6, 6.07) is 22.3. The first-order valence-electron chi connectivity index (χ1n) is 9.30. The van der Waals surface area contributed by atoms with Crippen molar-refractivity contribution in [2.45, 2.75) is 13.0 Å². The number of anilines is 2. The van der Waals surface area contributed by atoms with Gasteiger partial charge in [0.05, 0.1) is 17.0 Å². The smallest absolute Gasteiger partial charge is 0.230 e. The summed E-state index contributed by atoms with van der Waals surface area (Å²) in [6.45, 7) is 0.836. The van der Waals surface area contributed by atoms with Crippen molar-refractivity contribution in [3.8, 4) is 9.88 Å². The van der Waals surface area contributed by atoms with Gasteiger partial charge in [-0.05, 0) is 41.3 Å². The molecule has 0 saturated heterocycles. The molecule has 0 atom stereocenters. The van der Waals surface area contributed by atoms with Gasteiger partial charge in [0.25, 0.3) is 0 Å². The van der Waals surface area contributed by atoms with Gasteiger partial charge in [-0.2, -0.15) is 0 Å². The molecule has 4 nitrogen and oxygen atoms in total. The molecule has 4 aromatic rings. The standard InChI is InChI=1S/C23H21N3OS2/c1-26(15-17-6-3-2-4-7-17)20-11-9-18(10-12-20)24-22(27)14-19-16-29-23(25-19)21-8-5-13-28-21/h2-13,16H,14-15H2,1H3,(H,24,27). The van der Waals surface area contributed by atoms with Crippen LogP contribution in [0.25, 0.3) is 9.88 Å². The highest BCUT2D eigenvalue weighted by Gasteiger charge is 2.10. The normalized spacial score (nSPS) is 10.7. The van der Waals surface area contributed by atoms with Gasteiger partial charge in [-0.15, -0.1) is 22.7 Å². The number of benzene rings is 2. The van der Waals surface area contributed by atoms with E-state index in [1.165, 1.54) is 5.56 Å². The quantitative estimate of drug-likeness (QED) is 0.419. The van der Waals surface area contributed by atoms with Crippen molar-refractivity contribution in [2.75, 3.05) is 17.3 Å². The average molecular weight is 420 g/mol. The van der Waals surface area contributed by atoms with Gasteiger partial charge < -0.3 is 10.2 Å². The second-order valence-electron chi connectivity index (χ2n) is 6.73. The van der Waals surface area contributed by atoms with Crippen molar-refractivity contribution in [1.82, 2.24) is 4.98 Å². The van der Waals surface area contributed by atoms with Crippen LogP contribution in [-0.4, -0.2) is 17.9 Å². The zero-order valence-electron chi connectivity index (χ0n) is 16.0. The highest BCUT2D eigenvalue weighted by molar-refractivity contribution is 7.20. The molecule has 1 amide bonds. The summed E-state index contributed by atoms with van der Waals surface area (Å²) in [4.78, 5) is 20.3. The third kappa shape index (κ3) is 5.10. The summed E-state index contributed by atoms with van der Waals surface area (Å²) < 4.78 is 0. The Balaban J connectivity index is 1.33. The second kappa shape index (κ2) is 9.03. The lowest BCUT2D eigenvalue weighted by Gasteiger charge is -2.19. The summed E-state index contributed by atoms with van der Waals surface area (Å²) in [5.74, 6) is -0.0570. The molecule has 1 N–H and O–H groups in total. The van der Waals surface area contributed by atoms with E-state index in [2.05, 4.69) is 34.4 Å². The number of hydrogen-bond donors (Lipinski definition) is 1. The largest absolute Gasteiger partial charge is 0.370 e. The van der Waals surface area contributed by atoms with Crippen molar-refractivity contribution in [3.63, 3.8) is 0 Å². The van der Waals surface area contributed by atoms with Gasteiger partial charge in [0.15, 0.2) is 0 Å². The van der Waals surface area contributed by atoms with E-state index < -0.39 is 0 Å². The predicted octanol–water partition coefficient (Wildman–Crippen LogP) is 5.69. The molecule has 0 saturated carbocycles. The number of nitrogens with zero attached hydrogens (tertiary/aromatic N) is 2. The van der Waals surface area contributed by atoms with Crippen molar-refractivity contribution in [1.29, 1.82) is 0 Å². The molecule has 2 aromatic heterocycles. The van der Waals surface area contributed by atoms with Crippen LogP contribution < -0.4 is 10.2 Å². The molecular weight excluding hydrogens is 398 g/mol. The molecule has 0 aliphatic carbocycles. The summed E-state index contributed by atoms with van der Waals surface area (Å²) in [5, 5.41) is 7.91. The summed E-state index contributed by atoms with van der Waals surface area (Å²) in [5.41, 5.74) is 3.96. The third-order valence-corrected chi connectivity index (χ3v) is 6.41. The molecule has 0 radical (unpaired) electrons. The summed E-state index contributed by atoms with van der Waals surface area (Å²) in [7, 11) is 2.06. The molecule has 0 spiro atoms. The van der Waals surface area contributed by atoms with Crippen molar-refractivity contribution in [2.24, 2.45) is 0 Å². The van der Waals surface area contributed by atoms with Gasteiger partial charge in [0, 0.05) is 30.3 Å². The molecule has 2 aromatic carbocycles. The average Bonchev–Trinajstić information content (AvgIpc) is 3.41. The minimum absolute atomic E-state index is 0.0570. The van der Waals surface area contributed by atoms with Gasteiger partial charge in [0.1, 0.15) is 5.01 Å². The number of thiophene rings is 1. The maximum absolute atomic E-state index is 12.4. The SMILES string of the molecule is CN(Cc1ccccc1)c1ccc(NC(=O)Cc2csc(-c3cccs3)n2)cc1. The molecule has 6 heteroatoms. The Morgan fingerprint density at radius 3 is 2.52 bits per heavy atom. The molecule has 29 heavy (non-hydrogen) atoms. The van der Waals surface area contributed by atoms with Crippen LogP contribution >= 0.6 is 22.7 Å². The van der Waals surface area contributed by atoms with E-state index in [-0.39, 0.29) is 12.3 Å². The van der Waals surface area contributed by atoms with Crippen LogP contribution in [0.15, 0.2) is 77.5 Å². The lowest BCUT2D eigenvalue weighted by Crippen LogP contribution is -2.17. The third-order valence-electron chi connectivity index (χ3n) is 4.48. The molecule has 4 rings (SSSR count). The molecule has 0 unspecified atom stereocenters. The summed E-state index contributed by atoms with van der Waals surface area (Å²) in [6.07, 6.45) is 0.275. The Labute approximate surface area is 178 Å². The topological polar surface area (TPSA) is 45.2 Å². The Kier molecular flexibility index (Phi) is 6.03. The first-order chi connectivity index (χ1) is 14.2. The Bertz CT molecular complexity index is 1060. The van der Waals surface area contributed by atoms with E-state index in [9.17, 15) is 4.79 Å². The molecule has 146 valence electrons. The number of nitrogens with one attached hydrogen (secondary N) is 1. The van der Waals surface area contributed by atoms with Gasteiger partial charge in [0.2, 0.25) is 5.91 Å². The van der Waals surface area contributed by atoms with Crippen LogP contribution in [-0.2, 0) is 17.8 Å². The Morgan fingerprint density at radius 1 is 1.00 bits per heavy atom. The van der Waals surface area contributed by atoms with Crippen molar-refractivity contribution < 1.29 is 4.79 Å². The Morgan fingerprint density at radius 2 is 1.79 bits per heavy atom. The van der Waals surface area contributed by atoms with E-state index >= 15 is 0 Å². The van der Waals surface area contributed by atoms with Gasteiger partial charge in [-0.1, -0.05) is 36.4 Å². The van der Waals surface area contributed by atoms with Gasteiger partial charge in [-0.3, -0.25) is 4.79 Å². The van der Waals surface area contributed by atoms with E-state index in [1.807, 2.05) is 65.4 Å². The molecular formula is C23H21N3OS2. The fraction of sp³-hybridized carbons (Fsp3) is 0.130. The van der Waals surface area contributed by atoms with E-state index in [0.29, 0.717) is 0 Å². The van der Waals surface area contributed by atoms with E-state index in [4.69, 9.17) is 0 Å². The maximum Gasteiger partial charge on any atom is 0.230 e. The zero-order valence-corrected chi connectivity index (χ0v) is 17.7. The molecule has 0 aliphatic heterocycles. The number of hydrogen-bond acceptors (Lipinski definition) is 5. The molecule has 2 heterocycles. The molecule has 0 fully saturated rings. The lowest BCUT2D eigenvalue weighted by molar-refractivity contribution is -0.115. The van der Waals surface area contributed by atoms with Crippen LogP contribution in [0.4, 0.5) is 11.4 Å². The van der Waals surface area contributed by atoms with Crippen LogP contribution in [0.1, 0.15) is 11.3 Å². The summed E-state index contributed by atoms with van der Waals surface area (Å²) >= 11 is 3.23. The first-order valence-corrected chi connectivity index (χ1v) is 11.1. The van der Waals surface area contributed by atoms with Crippen LogP contribution in [0, 0.1) is 0 Å². The van der Waals surface area contributed by atoms with Crippen molar-refractivity contribution >= 4 is 40.0 Å². The Hall–Kier alpha value is -2.96. The zero-order chi connectivity index (χ0) is 20.1. The maximum atomic E-state index is 12.4. The fourth-order valence-electron chi connectivity index (χ4n) is 3.02. The number of carbonyl (C=O) groups excluding carboxylic acids is 1. The van der Waals surface area contributed by atoms with Gasteiger partial charge in [-0.25, -0.2) is 4.98 Å². The second-order valence-corrected chi connectivity index (χ2v) is 8.54. The van der Waals surface area contributed by atoms with E-state index in [0.717, 1.165) is 33.5 Å². The number of rotatable bonds is 7. The minimum atomic E-state index is -0.0570. The predicted molar refractivity (Wildman–Crippen MR) is 123 cm³/mol. The number of aromatic nitrogens is 1. The number of carbonyl (C=O) groups is 1. The minimum Gasteiger partial charge on any atom is -0.370 e. The number of amides is 1.